The third kappa shape index (κ3) is 1.26. The van der Waals surface area contributed by atoms with Crippen LogP contribution in [-0.4, -0.2) is 16.0 Å². The van der Waals surface area contributed by atoms with Gasteiger partial charge in [-0.2, -0.15) is 0 Å². The number of phenolic OH excluding ortho intramolecular Hbond substituents is 1. The number of fused-ring (bicyclic) bond motifs is 1. The van der Waals surface area contributed by atoms with Crippen LogP contribution in [0.4, 0.5) is 0 Å². The number of aromatic hydroxyl groups is 1. The third-order valence-corrected chi connectivity index (χ3v) is 1.87. The van der Waals surface area contributed by atoms with Crippen LogP contribution in [0.15, 0.2) is 24.3 Å². The standard InChI is InChI=1S/C10H7N2O2/c11-10(14)7-5-4-6-2-1-3-8(13)9(6)12-7/h1,3-5,13H,(H2,11,14). The van der Waals surface area contributed by atoms with E-state index < -0.39 is 5.91 Å². The Morgan fingerprint density at radius 3 is 2.93 bits per heavy atom. The maximum atomic E-state index is 10.8. The van der Waals surface area contributed by atoms with Crippen LogP contribution in [0.1, 0.15) is 10.5 Å². The molecule has 4 heteroatoms. The fraction of sp³-hybridized carbons (Fsp3) is 0. The number of nitrogens with two attached hydrogens (primary N) is 1. The first-order valence-electron chi connectivity index (χ1n) is 3.98. The molecular weight excluding hydrogens is 180 g/mol. The number of benzene rings is 1. The lowest BCUT2D eigenvalue weighted by Gasteiger charge is -2.00. The summed E-state index contributed by atoms with van der Waals surface area (Å²) in [6.07, 6.45) is 0. The van der Waals surface area contributed by atoms with Gasteiger partial charge in [-0.05, 0) is 30.3 Å². The van der Waals surface area contributed by atoms with Gasteiger partial charge in [0.05, 0.1) is 0 Å². The minimum Gasteiger partial charge on any atom is -0.506 e. The molecule has 2 aromatic rings. The van der Waals surface area contributed by atoms with E-state index in [0.29, 0.717) is 10.9 Å². The fourth-order valence-electron chi connectivity index (χ4n) is 1.20. The van der Waals surface area contributed by atoms with E-state index in [1.54, 1.807) is 12.1 Å². The van der Waals surface area contributed by atoms with Gasteiger partial charge in [0.15, 0.2) is 0 Å². The van der Waals surface area contributed by atoms with Crippen molar-refractivity contribution in [3.8, 4) is 5.75 Å². The summed E-state index contributed by atoms with van der Waals surface area (Å²) in [6, 6.07) is 9.07. The summed E-state index contributed by atoms with van der Waals surface area (Å²) in [6.45, 7) is 0. The average molecular weight is 187 g/mol. The molecule has 0 saturated carbocycles. The number of hydrogen-bond acceptors (Lipinski definition) is 3. The van der Waals surface area contributed by atoms with Gasteiger partial charge in [0.2, 0.25) is 0 Å². The van der Waals surface area contributed by atoms with E-state index in [9.17, 15) is 9.90 Å². The lowest BCUT2D eigenvalue weighted by Crippen LogP contribution is -2.12. The van der Waals surface area contributed by atoms with Gasteiger partial charge in [0.1, 0.15) is 17.0 Å². The number of phenols is 1. The number of primary amides is 1. The molecule has 0 spiro atoms. The molecule has 14 heavy (non-hydrogen) atoms. The molecule has 0 aliphatic rings. The summed E-state index contributed by atoms with van der Waals surface area (Å²) in [5, 5.41) is 10.1. The van der Waals surface area contributed by atoms with E-state index in [1.165, 1.54) is 12.1 Å². The van der Waals surface area contributed by atoms with Crippen LogP contribution in [-0.2, 0) is 0 Å². The van der Waals surface area contributed by atoms with Gasteiger partial charge in [-0.15, -0.1) is 0 Å². The highest BCUT2D eigenvalue weighted by Crippen LogP contribution is 2.21. The molecule has 1 aromatic heterocycles. The number of nitrogens with zero attached hydrogens (tertiary/aromatic N) is 1. The Morgan fingerprint density at radius 2 is 2.21 bits per heavy atom. The number of amides is 1. The van der Waals surface area contributed by atoms with Gasteiger partial charge in [0.25, 0.3) is 5.91 Å². The zero-order chi connectivity index (χ0) is 10.1. The molecule has 4 nitrogen and oxygen atoms in total. The van der Waals surface area contributed by atoms with Crippen molar-refractivity contribution >= 4 is 16.8 Å². The van der Waals surface area contributed by atoms with Gasteiger partial charge >= 0.3 is 0 Å². The Bertz CT molecular complexity index is 508. The molecule has 1 amide bonds. The number of rotatable bonds is 1. The van der Waals surface area contributed by atoms with E-state index in [4.69, 9.17) is 5.73 Å². The quantitative estimate of drug-likeness (QED) is 0.694. The largest absolute Gasteiger partial charge is 0.506 e. The normalized spacial score (nSPS) is 10.3. The van der Waals surface area contributed by atoms with E-state index >= 15 is 0 Å². The summed E-state index contributed by atoms with van der Waals surface area (Å²) in [4.78, 5) is 14.7. The molecule has 0 saturated heterocycles. The second kappa shape index (κ2) is 2.99. The lowest BCUT2D eigenvalue weighted by molar-refractivity contribution is 0.0996. The summed E-state index contributed by atoms with van der Waals surface area (Å²) >= 11 is 0. The predicted molar refractivity (Wildman–Crippen MR) is 50.8 cm³/mol. The van der Waals surface area contributed by atoms with Crippen molar-refractivity contribution in [2.75, 3.05) is 0 Å². The first-order chi connectivity index (χ1) is 6.68. The van der Waals surface area contributed by atoms with E-state index in [-0.39, 0.29) is 11.4 Å². The van der Waals surface area contributed by atoms with Crippen LogP contribution >= 0.6 is 0 Å². The van der Waals surface area contributed by atoms with Gasteiger partial charge in [-0.25, -0.2) is 4.98 Å². The summed E-state index contributed by atoms with van der Waals surface area (Å²) in [5.41, 5.74) is 5.53. The number of pyridine rings is 1. The molecule has 69 valence electrons. The highest BCUT2D eigenvalue weighted by Gasteiger charge is 2.05. The van der Waals surface area contributed by atoms with Gasteiger partial charge < -0.3 is 10.8 Å². The lowest BCUT2D eigenvalue weighted by atomic mass is 10.2. The second-order valence-corrected chi connectivity index (χ2v) is 2.82. The number of carbonyl (C=O) groups excluding carboxylic acids is 1. The number of hydrogen-bond donors (Lipinski definition) is 2. The number of carbonyl (C=O) groups is 1. The zero-order valence-electron chi connectivity index (χ0n) is 7.19. The summed E-state index contributed by atoms with van der Waals surface area (Å²) in [7, 11) is 0. The summed E-state index contributed by atoms with van der Waals surface area (Å²) in [5.74, 6) is -0.600. The van der Waals surface area contributed by atoms with Crippen molar-refractivity contribution in [1.82, 2.24) is 4.98 Å². The fourth-order valence-corrected chi connectivity index (χ4v) is 1.20. The first kappa shape index (κ1) is 8.50. The molecule has 0 bridgehead atoms. The van der Waals surface area contributed by atoms with Crippen LogP contribution < -0.4 is 5.73 Å². The Morgan fingerprint density at radius 1 is 1.43 bits per heavy atom. The molecule has 0 aliphatic carbocycles. The molecule has 0 fully saturated rings. The Kier molecular flexibility index (Phi) is 1.81. The van der Waals surface area contributed by atoms with Crippen molar-refractivity contribution in [2.45, 2.75) is 0 Å². The highest BCUT2D eigenvalue weighted by molar-refractivity contribution is 5.94. The monoisotopic (exact) mass is 187 g/mol. The van der Waals surface area contributed by atoms with Crippen molar-refractivity contribution < 1.29 is 9.90 Å². The maximum Gasteiger partial charge on any atom is 0.267 e. The molecule has 0 unspecified atom stereocenters. The van der Waals surface area contributed by atoms with Crippen LogP contribution in [0, 0.1) is 6.07 Å². The predicted octanol–water partition coefficient (Wildman–Crippen LogP) is 0.839. The molecule has 1 radical (unpaired) electrons. The van der Waals surface area contributed by atoms with E-state index in [1.807, 2.05) is 0 Å². The third-order valence-electron chi connectivity index (χ3n) is 1.87. The van der Waals surface area contributed by atoms with Crippen molar-refractivity contribution in [1.29, 1.82) is 0 Å². The number of aromatic nitrogens is 1. The summed E-state index contributed by atoms with van der Waals surface area (Å²) < 4.78 is 0. The van der Waals surface area contributed by atoms with E-state index in [2.05, 4.69) is 11.1 Å². The zero-order valence-corrected chi connectivity index (χ0v) is 7.19. The molecular formula is C10H7N2O2. The SMILES string of the molecule is NC(=O)c1ccc2[c]ccc(O)c2n1. The van der Waals surface area contributed by atoms with Gasteiger partial charge in [-0.1, -0.05) is 0 Å². The molecule has 1 aromatic carbocycles. The minimum absolute atomic E-state index is 0.0156. The van der Waals surface area contributed by atoms with Crippen molar-refractivity contribution in [3.63, 3.8) is 0 Å². The topological polar surface area (TPSA) is 76.2 Å². The molecule has 2 rings (SSSR count). The first-order valence-corrected chi connectivity index (χ1v) is 3.98. The minimum atomic E-state index is -0.616. The van der Waals surface area contributed by atoms with Crippen molar-refractivity contribution in [3.05, 3.63) is 36.0 Å². The van der Waals surface area contributed by atoms with Crippen LogP contribution in [0.3, 0.4) is 0 Å². The molecule has 0 atom stereocenters. The smallest absolute Gasteiger partial charge is 0.267 e. The Hall–Kier alpha value is -2.10. The molecule has 3 N–H and O–H groups in total. The van der Waals surface area contributed by atoms with Gasteiger partial charge in [0, 0.05) is 5.39 Å². The second-order valence-electron chi connectivity index (χ2n) is 2.82. The van der Waals surface area contributed by atoms with Gasteiger partial charge in [-0.3, -0.25) is 4.79 Å². The molecule has 0 aliphatic heterocycles. The highest BCUT2D eigenvalue weighted by atomic mass is 16.3. The van der Waals surface area contributed by atoms with Crippen LogP contribution in [0.25, 0.3) is 10.9 Å². The molecule has 1 heterocycles. The van der Waals surface area contributed by atoms with Crippen LogP contribution in [0.2, 0.25) is 0 Å². The Labute approximate surface area is 80.0 Å². The van der Waals surface area contributed by atoms with Crippen LogP contribution in [0.5, 0.6) is 5.75 Å². The van der Waals surface area contributed by atoms with E-state index in [0.717, 1.165) is 0 Å². The maximum absolute atomic E-state index is 10.8. The average Bonchev–Trinajstić information content (AvgIpc) is 2.18. The Balaban J connectivity index is 2.76. The van der Waals surface area contributed by atoms with Crippen molar-refractivity contribution in [2.24, 2.45) is 5.73 Å².